The Kier molecular flexibility index (Phi) is 13.3. The van der Waals surface area contributed by atoms with Gasteiger partial charge in [-0.05, 0) is 58.7 Å². The zero-order valence-electron chi connectivity index (χ0n) is 26.0. The molecule has 0 aromatic rings. The number of halogens is 2. The number of nitrogens with two attached hydrogens (primary N) is 1. The third-order valence-corrected chi connectivity index (χ3v) is 9.18. The van der Waals surface area contributed by atoms with Crippen LogP contribution in [0.1, 0.15) is 51.4 Å². The average Bonchev–Trinajstić information content (AvgIpc) is 3.78. The fourth-order valence-corrected chi connectivity index (χ4v) is 7.23. The van der Waals surface area contributed by atoms with Crippen molar-refractivity contribution in [2.24, 2.45) is 16.0 Å². The zero-order valence-corrected chi connectivity index (χ0v) is 29.1. The Morgan fingerprint density at radius 3 is 1.62 bits per heavy atom. The Morgan fingerprint density at radius 1 is 0.833 bits per heavy atom. The molecule has 4 fully saturated rings. The molecule has 6 aliphatic rings. The van der Waals surface area contributed by atoms with E-state index in [0.717, 1.165) is 34.5 Å². The van der Waals surface area contributed by atoms with Crippen LogP contribution < -0.4 is 11.1 Å². The molecule has 4 amide bonds. The molecule has 6 heterocycles. The summed E-state index contributed by atoms with van der Waals surface area (Å²) in [5.74, 6) is 0. The van der Waals surface area contributed by atoms with E-state index in [-0.39, 0.29) is 35.7 Å². The number of fused-ring (bicyclic) bond motifs is 4. The number of oxime groups is 2. The molecule has 6 aliphatic heterocycles. The number of carbonyl (C=O) groups excluding carboxylic acids is 2. The number of nitrogens with one attached hydrogen (secondary N) is 1. The first-order valence-corrected chi connectivity index (χ1v) is 18.9. The zero-order chi connectivity index (χ0) is 35.2. The van der Waals surface area contributed by atoms with E-state index >= 15 is 0 Å². The van der Waals surface area contributed by atoms with Crippen molar-refractivity contribution in [2.45, 2.75) is 87.7 Å². The van der Waals surface area contributed by atoms with Crippen LogP contribution in [0.25, 0.3) is 0 Å². The van der Waals surface area contributed by atoms with E-state index in [2.05, 4.69) is 24.2 Å². The summed E-state index contributed by atoms with van der Waals surface area (Å²) < 4.78 is 69.8. The lowest BCUT2D eigenvalue weighted by Crippen LogP contribution is -2.45. The maximum atomic E-state index is 12.3. The van der Waals surface area contributed by atoms with Gasteiger partial charge in [-0.2, -0.15) is 27.0 Å². The number of amides is 4. The summed E-state index contributed by atoms with van der Waals surface area (Å²) in [6.45, 7) is 2.00. The van der Waals surface area contributed by atoms with Crippen molar-refractivity contribution in [3.63, 3.8) is 0 Å². The minimum atomic E-state index is -4.72. The monoisotopic (exact) mass is 766 g/mol. The van der Waals surface area contributed by atoms with Crippen LogP contribution in [0.4, 0.5) is 9.59 Å². The van der Waals surface area contributed by atoms with Gasteiger partial charge in [-0.15, -0.1) is 31.8 Å². The van der Waals surface area contributed by atoms with Crippen molar-refractivity contribution >= 4 is 67.5 Å². The Hall–Kier alpha value is -2.28. The Labute approximate surface area is 288 Å². The molecule has 20 nitrogen and oxygen atoms in total. The normalized spacial score (nSPS) is 29.5. The molecule has 48 heavy (non-hydrogen) atoms. The Bertz CT molecular complexity index is 1440. The van der Waals surface area contributed by atoms with E-state index in [1.54, 1.807) is 0 Å². The van der Waals surface area contributed by atoms with Crippen molar-refractivity contribution in [1.29, 1.82) is 0 Å². The van der Waals surface area contributed by atoms with E-state index in [1.807, 2.05) is 7.05 Å². The van der Waals surface area contributed by atoms with E-state index in [9.17, 15) is 26.4 Å². The van der Waals surface area contributed by atoms with Gasteiger partial charge in [-0.25, -0.2) is 9.59 Å². The van der Waals surface area contributed by atoms with Crippen molar-refractivity contribution in [3.8, 4) is 0 Å². The van der Waals surface area contributed by atoms with E-state index in [0.29, 0.717) is 64.6 Å². The summed E-state index contributed by atoms with van der Waals surface area (Å²) in [5, 5.41) is 12.9. The molecule has 274 valence electrons. The maximum absolute atomic E-state index is 12.3. The summed E-state index contributed by atoms with van der Waals surface area (Å²) in [6, 6.07) is -2.39. The first kappa shape index (κ1) is 38.5. The molecule has 5 N–H and O–H groups in total. The molecule has 0 radical (unpaired) electrons. The van der Waals surface area contributed by atoms with Gasteiger partial charge in [0.1, 0.15) is 12.2 Å². The highest BCUT2D eigenvalue weighted by Gasteiger charge is 2.50. The number of alkyl halides is 2. The van der Waals surface area contributed by atoms with Gasteiger partial charge in [0.05, 0.1) is 40.9 Å². The van der Waals surface area contributed by atoms with Crippen LogP contribution in [0.5, 0.6) is 0 Å². The van der Waals surface area contributed by atoms with Crippen molar-refractivity contribution in [1.82, 2.24) is 25.2 Å². The molecule has 24 heteroatoms. The van der Waals surface area contributed by atoms with Crippen LogP contribution in [0, 0.1) is 0 Å². The number of hydrogen-bond acceptors (Lipinski definition) is 14. The van der Waals surface area contributed by atoms with Gasteiger partial charge in [-0.1, -0.05) is 10.3 Å². The minimum absolute atomic E-state index is 0.00180. The molecule has 4 bridgehead atoms. The molecule has 6 atom stereocenters. The molecule has 4 saturated heterocycles. The topological polar surface area (TPSA) is 256 Å². The molecule has 0 aromatic carbocycles. The predicted molar refractivity (Wildman–Crippen MR) is 169 cm³/mol. The second-order valence-corrected chi connectivity index (χ2v) is 14.4. The Morgan fingerprint density at radius 2 is 1.25 bits per heavy atom. The van der Waals surface area contributed by atoms with Gasteiger partial charge in [-0.3, -0.25) is 9.11 Å². The highest BCUT2D eigenvalue weighted by Crippen LogP contribution is 2.35. The number of rotatable bonds is 11. The number of hydroxylamine groups is 4. The molecule has 0 aliphatic carbocycles. The number of piperidine rings is 2. The lowest BCUT2D eigenvalue weighted by atomic mass is 9.94. The fraction of sp³-hybridized carbons (Fsp3) is 0.833. The summed E-state index contributed by atoms with van der Waals surface area (Å²) >= 11 is 9.53. The van der Waals surface area contributed by atoms with Gasteiger partial charge in [0.25, 0.3) is 0 Å². The van der Waals surface area contributed by atoms with E-state index in [4.69, 9.17) is 47.7 Å². The van der Waals surface area contributed by atoms with Crippen LogP contribution in [0.3, 0.4) is 0 Å². The van der Waals surface area contributed by atoms with Crippen LogP contribution in [0.15, 0.2) is 10.3 Å². The lowest BCUT2D eigenvalue weighted by molar-refractivity contribution is -0.0317. The van der Waals surface area contributed by atoms with Crippen LogP contribution >= 0.6 is 23.2 Å². The molecule has 0 spiro atoms. The molecule has 2 unspecified atom stereocenters. The quantitative estimate of drug-likeness (QED) is 0.166. The number of carbonyl (C=O) groups is 2. The maximum Gasteiger partial charge on any atom is 0.418 e. The number of urea groups is 2. The molecule has 0 aromatic heterocycles. The average molecular weight is 768 g/mol. The van der Waals surface area contributed by atoms with E-state index < -0.39 is 38.9 Å². The fourth-order valence-electron chi connectivity index (χ4n) is 6.45. The van der Waals surface area contributed by atoms with Crippen molar-refractivity contribution in [2.75, 3.05) is 38.6 Å². The van der Waals surface area contributed by atoms with Gasteiger partial charge < -0.3 is 30.5 Å². The predicted octanol–water partition coefficient (Wildman–Crippen LogP) is 0.648. The second-order valence-electron chi connectivity index (χ2n) is 11.6. The smallest absolute Gasteiger partial charge is 0.392 e. The summed E-state index contributed by atoms with van der Waals surface area (Å²) in [4.78, 5) is 38.3. The highest BCUT2D eigenvalue weighted by molar-refractivity contribution is 7.81. The van der Waals surface area contributed by atoms with Gasteiger partial charge in [0.2, 0.25) is 0 Å². The first-order valence-electron chi connectivity index (χ1n) is 15.1. The number of hydrogen-bond donors (Lipinski definition) is 4. The van der Waals surface area contributed by atoms with Crippen LogP contribution in [0.2, 0.25) is 0 Å². The second kappa shape index (κ2) is 16.6. The minimum Gasteiger partial charge on any atom is -0.392 e. The summed E-state index contributed by atoms with van der Waals surface area (Å²) in [7, 11) is -7.57. The molecular weight excluding hydrogens is 727 g/mol. The van der Waals surface area contributed by atoms with Crippen LogP contribution in [-0.2, 0) is 39.0 Å². The van der Waals surface area contributed by atoms with Crippen molar-refractivity contribution < 1.29 is 53.8 Å². The van der Waals surface area contributed by atoms with Gasteiger partial charge in [0, 0.05) is 25.9 Å². The van der Waals surface area contributed by atoms with Gasteiger partial charge in [0.15, 0.2) is 0 Å². The molecule has 6 rings (SSSR count). The number of nitrogens with zero attached hydrogens (tertiary/aromatic N) is 6. The highest BCUT2D eigenvalue weighted by atomic mass is 35.5. The molecular formula is C24H40Cl2N8O12S2. The van der Waals surface area contributed by atoms with E-state index in [1.165, 1.54) is 9.80 Å². The summed E-state index contributed by atoms with van der Waals surface area (Å²) in [5.41, 5.74) is 7.05. The largest absolute Gasteiger partial charge is 0.418 e. The Balaban J connectivity index is 0.000000201. The summed E-state index contributed by atoms with van der Waals surface area (Å²) in [6.07, 6.45) is 5.13. The van der Waals surface area contributed by atoms with Gasteiger partial charge >= 0.3 is 32.9 Å². The standard InChI is InChI=1S/C12H20N4O6S.C11H18N4O6S.CH2Cl2/c1-13-5-4-9-6-10(14-21-9)11-3-2-8-7-15(11)12(17)16(8)22-23(18,19)20;12-4-3-8-5-9(13-20-8)10-2-1-7-6-14(10)11(16)15(7)21-22(17,18)19;2-1-3/h8-9,11,13H,2-7H2,1H3,(H,18,19,20);7-8,10H,1-6,12H2,(H,17,18,19);1H2/t8-,9?,11+;7-,8?,10+;/m11./s1. The third kappa shape index (κ3) is 9.69. The lowest BCUT2D eigenvalue weighted by Gasteiger charge is -2.29. The first-order chi connectivity index (χ1) is 22.7. The van der Waals surface area contributed by atoms with Crippen molar-refractivity contribution in [3.05, 3.63) is 0 Å². The molecule has 0 saturated carbocycles. The SMILES string of the molecule is CNCCC1CC([C@@H]2CC[C@@H]3CN2C(=O)N3OS(=O)(=O)O)=NO1.ClCCl.NCCC1CC([C@@H]2CC[C@@H]3CN2C(=O)N3OS(=O)(=O)O)=NO1. The third-order valence-electron chi connectivity index (χ3n) is 8.48. The van der Waals surface area contributed by atoms with Crippen LogP contribution in [-0.4, -0.2) is 144 Å².